The average Bonchev–Trinajstić information content (AvgIpc) is 2.76. The van der Waals surface area contributed by atoms with E-state index in [1.807, 2.05) is 19.9 Å². The first-order valence-corrected chi connectivity index (χ1v) is 6.43. The Balaban J connectivity index is 2.33. The van der Waals surface area contributed by atoms with E-state index in [-0.39, 0.29) is 16.1 Å². The van der Waals surface area contributed by atoms with Gasteiger partial charge in [0.15, 0.2) is 0 Å². The van der Waals surface area contributed by atoms with Gasteiger partial charge in [-0.05, 0) is 32.4 Å². The maximum Gasteiger partial charge on any atom is 0.315 e. The third kappa shape index (κ3) is 2.96. The van der Waals surface area contributed by atoms with Crippen molar-refractivity contribution in [1.82, 2.24) is 0 Å². The van der Waals surface area contributed by atoms with Gasteiger partial charge in [0, 0.05) is 13.2 Å². The van der Waals surface area contributed by atoms with Gasteiger partial charge in [-0.3, -0.25) is 10.1 Å². The zero-order valence-corrected chi connectivity index (χ0v) is 11.2. The highest BCUT2D eigenvalue weighted by molar-refractivity contribution is 5.76. The van der Waals surface area contributed by atoms with Crippen LogP contribution in [-0.4, -0.2) is 30.2 Å². The summed E-state index contributed by atoms with van der Waals surface area (Å²) < 4.78 is 5.36. The number of nitrogens with zero attached hydrogens (tertiary/aromatic N) is 1. The van der Waals surface area contributed by atoms with Gasteiger partial charge in [-0.15, -0.1) is 0 Å². The lowest BCUT2D eigenvalue weighted by Gasteiger charge is -2.25. The summed E-state index contributed by atoms with van der Waals surface area (Å²) >= 11 is 0. The molecule has 1 aliphatic rings. The van der Waals surface area contributed by atoms with E-state index in [0.717, 1.165) is 6.42 Å². The summed E-state index contributed by atoms with van der Waals surface area (Å²) in [6, 6.07) is 5.27. The number of hydrogen-bond acceptors (Lipinski definition) is 5. The lowest BCUT2D eigenvalue weighted by Crippen LogP contribution is -2.35. The van der Waals surface area contributed by atoms with Gasteiger partial charge < -0.3 is 15.4 Å². The summed E-state index contributed by atoms with van der Waals surface area (Å²) in [6.45, 7) is 5.82. The number of hydrogen-bond donors (Lipinski definition) is 2. The van der Waals surface area contributed by atoms with Gasteiger partial charge in [-0.2, -0.15) is 0 Å². The fourth-order valence-electron chi connectivity index (χ4n) is 2.26. The van der Waals surface area contributed by atoms with E-state index in [9.17, 15) is 10.1 Å². The Morgan fingerprint density at radius 2 is 2.21 bits per heavy atom. The minimum atomic E-state index is -0.348. The molecule has 0 bridgehead atoms. The second-order valence-corrected chi connectivity index (χ2v) is 4.98. The number of ether oxygens (including phenoxy) is 1. The van der Waals surface area contributed by atoms with Gasteiger partial charge in [0.05, 0.1) is 17.1 Å². The fourth-order valence-corrected chi connectivity index (χ4v) is 2.26. The SMILES string of the molecule is CCNc1cccc(NC2(C)CCOC2)c1[N+](=O)[O-]. The number of nitro groups is 1. The monoisotopic (exact) mass is 265 g/mol. The molecule has 0 radical (unpaired) electrons. The number of benzene rings is 1. The van der Waals surface area contributed by atoms with Crippen molar-refractivity contribution in [3.8, 4) is 0 Å². The summed E-state index contributed by atoms with van der Waals surface area (Å²) in [5.41, 5.74) is 0.934. The fraction of sp³-hybridized carbons (Fsp3) is 0.538. The Morgan fingerprint density at radius 1 is 1.47 bits per heavy atom. The molecule has 1 aromatic carbocycles. The van der Waals surface area contributed by atoms with E-state index in [1.165, 1.54) is 0 Å². The Hall–Kier alpha value is -1.82. The normalized spacial score (nSPS) is 22.2. The molecule has 0 saturated carbocycles. The van der Waals surface area contributed by atoms with Crippen molar-refractivity contribution >= 4 is 17.1 Å². The second-order valence-electron chi connectivity index (χ2n) is 4.98. The summed E-state index contributed by atoms with van der Waals surface area (Å²) in [5, 5.41) is 17.6. The van der Waals surface area contributed by atoms with Crippen molar-refractivity contribution in [3.63, 3.8) is 0 Å². The van der Waals surface area contributed by atoms with Crippen LogP contribution in [0.5, 0.6) is 0 Å². The molecule has 1 unspecified atom stereocenters. The number of nitrogens with one attached hydrogen (secondary N) is 2. The Labute approximate surface area is 112 Å². The van der Waals surface area contributed by atoms with Gasteiger partial charge in [0.2, 0.25) is 0 Å². The molecule has 1 fully saturated rings. The molecular formula is C13H19N3O3. The first-order valence-electron chi connectivity index (χ1n) is 6.43. The molecule has 1 saturated heterocycles. The van der Waals surface area contributed by atoms with Crippen LogP contribution in [0.2, 0.25) is 0 Å². The molecule has 6 heteroatoms. The Bertz CT molecular complexity index is 470. The standard InChI is InChI=1S/C13H19N3O3/c1-3-14-10-5-4-6-11(12(10)16(17)18)15-13(2)7-8-19-9-13/h4-6,14-15H,3,7-9H2,1-2H3. The lowest BCUT2D eigenvalue weighted by atomic mass is 10.0. The van der Waals surface area contributed by atoms with E-state index in [1.54, 1.807) is 12.1 Å². The molecule has 1 aromatic rings. The predicted octanol–water partition coefficient (Wildman–Crippen LogP) is 2.62. The van der Waals surface area contributed by atoms with Crippen LogP contribution in [0.3, 0.4) is 0 Å². The zero-order chi connectivity index (χ0) is 13.9. The van der Waals surface area contributed by atoms with Crippen LogP contribution >= 0.6 is 0 Å². The minimum Gasteiger partial charge on any atom is -0.380 e. The van der Waals surface area contributed by atoms with E-state index in [2.05, 4.69) is 10.6 Å². The summed E-state index contributed by atoms with van der Waals surface area (Å²) in [5.74, 6) is 0. The van der Waals surface area contributed by atoms with Crippen LogP contribution in [0.4, 0.5) is 17.1 Å². The molecule has 0 spiro atoms. The molecule has 0 aromatic heterocycles. The van der Waals surface area contributed by atoms with Crippen LogP contribution in [0.25, 0.3) is 0 Å². The van der Waals surface area contributed by atoms with Crippen LogP contribution in [-0.2, 0) is 4.74 Å². The molecular weight excluding hydrogens is 246 g/mol. The highest BCUT2D eigenvalue weighted by Gasteiger charge is 2.32. The zero-order valence-electron chi connectivity index (χ0n) is 11.2. The molecule has 2 rings (SSSR count). The number of nitro benzene ring substituents is 1. The Morgan fingerprint density at radius 3 is 2.79 bits per heavy atom. The number of anilines is 2. The van der Waals surface area contributed by atoms with Crippen molar-refractivity contribution in [3.05, 3.63) is 28.3 Å². The molecule has 104 valence electrons. The summed E-state index contributed by atoms with van der Waals surface area (Å²) in [4.78, 5) is 10.9. The van der Waals surface area contributed by atoms with Gasteiger partial charge in [0.1, 0.15) is 11.4 Å². The molecule has 0 aliphatic carbocycles. The quantitative estimate of drug-likeness (QED) is 0.632. The van der Waals surface area contributed by atoms with Gasteiger partial charge in [0.25, 0.3) is 0 Å². The molecule has 0 amide bonds. The first-order chi connectivity index (χ1) is 9.06. The lowest BCUT2D eigenvalue weighted by molar-refractivity contribution is -0.383. The highest BCUT2D eigenvalue weighted by Crippen LogP contribution is 2.35. The smallest absolute Gasteiger partial charge is 0.315 e. The maximum atomic E-state index is 11.3. The van der Waals surface area contributed by atoms with E-state index in [4.69, 9.17) is 4.74 Å². The highest BCUT2D eigenvalue weighted by atomic mass is 16.6. The van der Waals surface area contributed by atoms with Crippen molar-refractivity contribution < 1.29 is 9.66 Å². The average molecular weight is 265 g/mol. The van der Waals surface area contributed by atoms with Crippen molar-refractivity contribution in [2.24, 2.45) is 0 Å². The predicted molar refractivity (Wildman–Crippen MR) is 74.7 cm³/mol. The van der Waals surface area contributed by atoms with E-state index >= 15 is 0 Å². The van der Waals surface area contributed by atoms with Crippen molar-refractivity contribution in [1.29, 1.82) is 0 Å². The second kappa shape index (κ2) is 5.44. The van der Waals surface area contributed by atoms with Crippen LogP contribution < -0.4 is 10.6 Å². The van der Waals surface area contributed by atoms with E-state index in [0.29, 0.717) is 31.1 Å². The molecule has 2 N–H and O–H groups in total. The van der Waals surface area contributed by atoms with E-state index < -0.39 is 0 Å². The number of para-hydroxylation sites is 1. The van der Waals surface area contributed by atoms with Crippen molar-refractivity contribution in [2.45, 2.75) is 25.8 Å². The summed E-state index contributed by atoms with van der Waals surface area (Å²) in [6.07, 6.45) is 0.843. The topological polar surface area (TPSA) is 76.4 Å². The molecule has 1 aliphatic heterocycles. The van der Waals surface area contributed by atoms with Gasteiger partial charge >= 0.3 is 5.69 Å². The van der Waals surface area contributed by atoms with Crippen molar-refractivity contribution in [2.75, 3.05) is 30.4 Å². The van der Waals surface area contributed by atoms with Crippen LogP contribution in [0.1, 0.15) is 20.3 Å². The third-order valence-corrected chi connectivity index (χ3v) is 3.24. The minimum absolute atomic E-state index is 0.0949. The molecule has 1 atom stereocenters. The van der Waals surface area contributed by atoms with Crippen LogP contribution in [0.15, 0.2) is 18.2 Å². The maximum absolute atomic E-state index is 11.3. The molecule has 1 heterocycles. The van der Waals surface area contributed by atoms with Gasteiger partial charge in [-0.1, -0.05) is 6.07 Å². The molecule has 6 nitrogen and oxygen atoms in total. The number of rotatable bonds is 5. The van der Waals surface area contributed by atoms with Gasteiger partial charge in [-0.25, -0.2) is 0 Å². The third-order valence-electron chi connectivity index (χ3n) is 3.24. The first kappa shape index (κ1) is 13.6. The summed E-state index contributed by atoms with van der Waals surface area (Å²) in [7, 11) is 0. The molecule has 19 heavy (non-hydrogen) atoms. The van der Waals surface area contributed by atoms with Crippen LogP contribution in [0, 0.1) is 10.1 Å². The Kier molecular flexibility index (Phi) is 3.90. The largest absolute Gasteiger partial charge is 0.380 e.